The van der Waals surface area contributed by atoms with E-state index in [1.165, 1.54) is 0 Å². The molecule has 1 saturated heterocycles. The zero-order valence-corrected chi connectivity index (χ0v) is 18.2. The lowest BCUT2D eigenvalue weighted by molar-refractivity contribution is 0.102. The van der Waals surface area contributed by atoms with Gasteiger partial charge in [-0.2, -0.15) is 5.10 Å². The van der Waals surface area contributed by atoms with Crippen LogP contribution in [0, 0.1) is 20.8 Å². The van der Waals surface area contributed by atoms with Crippen LogP contribution in [-0.2, 0) is 9.84 Å². The second-order valence-electron chi connectivity index (χ2n) is 8.04. The van der Waals surface area contributed by atoms with E-state index in [0.717, 1.165) is 27.9 Å². The fraction of sp³-hybridized carbons (Fsp3) is 0.304. The zero-order chi connectivity index (χ0) is 21.5. The predicted molar refractivity (Wildman–Crippen MR) is 119 cm³/mol. The van der Waals surface area contributed by atoms with Crippen LogP contribution in [0.5, 0.6) is 0 Å². The molecule has 6 nitrogen and oxygen atoms in total. The summed E-state index contributed by atoms with van der Waals surface area (Å²) in [5.41, 5.74) is 6.01. The minimum absolute atomic E-state index is 0.0474. The van der Waals surface area contributed by atoms with Crippen molar-refractivity contribution < 1.29 is 13.2 Å². The van der Waals surface area contributed by atoms with Gasteiger partial charge in [-0.1, -0.05) is 35.9 Å². The Hall–Kier alpha value is -2.93. The van der Waals surface area contributed by atoms with Crippen molar-refractivity contribution in [2.75, 3.05) is 16.8 Å². The van der Waals surface area contributed by atoms with Crippen LogP contribution in [0.25, 0.3) is 11.3 Å². The first-order valence-electron chi connectivity index (χ1n) is 9.97. The molecule has 0 bridgehead atoms. The fourth-order valence-corrected chi connectivity index (χ4v) is 5.40. The summed E-state index contributed by atoms with van der Waals surface area (Å²) in [7, 11) is -3.08. The number of carbonyl (C=O) groups excluding carboxylic acids is 1. The molecule has 30 heavy (non-hydrogen) atoms. The summed E-state index contributed by atoms with van der Waals surface area (Å²) in [6.45, 7) is 6.02. The summed E-state index contributed by atoms with van der Waals surface area (Å²) in [6, 6.07) is 15.1. The van der Waals surface area contributed by atoms with Gasteiger partial charge in [0.25, 0.3) is 5.91 Å². The van der Waals surface area contributed by atoms with E-state index in [4.69, 9.17) is 0 Å². The van der Waals surface area contributed by atoms with Crippen LogP contribution in [0.15, 0.2) is 48.5 Å². The molecule has 4 rings (SSSR count). The summed E-state index contributed by atoms with van der Waals surface area (Å²) >= 11 is 0. The Morgan fingerprint density at radius 1 is 1.03 bits per heavy atom. The lowest BCUT2D eigenvalue weighted by Gasteiger charge is -2.13. The number of hydrogen-bond acceptors (Lipinski definition) is 4. The lowest BCUT2D eigenvalue weighted by atomic mass is 10.1. The van der Waals surface area contributed by atoms with Crippen LogP contribution in [0.4, 0.5) is 5.69 Å². The largest absolute Gasteiger partial charge is 0.321 e. The molecule has 156 valence electrons. The monoisotopic (exact) mass is 423 g/mol. The van der Waals surface area contributed by atoms with Crippen LogP contribution in [-0.4, -0.2) is 35.6 Å². The molecular weight excluding hydrogens is 398 g/mol. The molecular formula is C23H25N3O3S. The molecule has 1 amide bonds. The normalized spacial score (nSPS) is 17.8. The highest BCUT2D eigenvalue weighted by Crippen LogP contribution is 2.30. The molecule has 0 radical (unpaired) electrons. The Morgan fingerprint density at radius 3 is 2.40 bits per heavy atom. The number of aryl methyl sites for hydroxylation is 3. The van der Waals surface area contributed by atoms with Crippen molar-refractivity contribution in [2.45, 2.75) is 33.2 Å². The summed E-state index contributed by atoms with van der Waals surface area (Å²) in [6.07, 6.45) is 0.501. The van der Waals surface area contributed by atoms with Gasteiger partial charge in [0, 0.05) is 5.69 Å². The molecule has 1 N–H and O–H groups in total. The number of carbonyl (C=O) groups is 1. The lowest BCUT2D eigenvalue weighted by Crippen LogP contribution is -2.16. The van der Waals surface area contributed by atoms with Crippen molar-refractivity contribution in [1.82, 2.24) is 9.78 Å². The van der Waals surface area contributed by atoms with Gasteiger partial charge in [-0.05, 0) is 62.1 Å². The first kappa shape index (κ1) is 20.3. The number of hydrogen-bond donors (Lipinski definition) is 1. The first-order chi connectivity index (χ1) is 14.2. The number of anilines is 1. The van der Waals surface area contributed by atoms with Gasteiger partial charge in [0.15, 0.2) is 15.5 Å². The molecule has 2 heterocycles. The van der Waals surface area contributed by atoms with Gasteiger partial charge in [0.05, 0.1) is 23.2 Å². The van der Waals surface area contributed by atoms with Crippen molar-refractivity contribution in [2.24, 2.45) is 0 Å². The average molecular weight is 424 g/mol. The summed E-state index contributed by atoms with van der Waals surface area (Å²) in [4.78, 5) is 12.9. The van der Waals surface area contributed by atoms with Gasteiger partial charge in [0.1, 0.15) is 0 Å². The average Bonchev–Trinajstić information content (AvgIpc) is 3.29. The number of rotatable bonds is 4. The molecule has 7 heteroatoms. The maximum atomic E-state index is 12.9. The Labute approximate surface area is 176 Å². The van der Waals surface area contributed by atoms with Gasteiger partial charge < -0.3 is 5.32 Å². The van der Waals surface area contributed by atoms with Crippen LogP contribution in [0.3, 0.4) is 0 Å². The molecule has 1 aliphatic heterocycles. The van der Waals surface area contributed by atoms with E-state index in [1.807, 2.05) is 63.2 Å². The number of sulfone groups is 1. The molecule has 1 aromatic heterocycles. The van der Waals surface area contributed by atoms with E-state index in [1.54, 1.807) is 10.7 Å². The van der Waals surface area contributed by atoms with Crippen molar-refractivity contribution in [3.05, 3.63) is 70.9 Å². The molecule has 0 saturated carbocycles. The quantitative estimate of drug-likeness (QED) is 0.685. The number of amides is 1. The first-order valence-corrected chi connectivity index (χ1v) is 11.8. The van der Waals surface area contributed by atoms with Crippen molar-refractivity contribution in [1.29, 1.82) is 0 Å². The maximum absolute atomic E-state index is 12.9. The Bertz CT molecular complexity index is 1210. The van der Waals surface area contributed by atoms with E-state index in [2.05, 4.69) is 10.4 Å². The molecule has 0 unspecified atom stereocenters. The Morgan fingerprint density at radius 2 is 1.77 bits per heavy atom. The minimum Gasteiger partial charge on any atom is -0.321 e. The Kier molecular flexibility index (Phi) is 5.24. The molecule has 1 fully saturated rings. The summed E-state index contributed by atoms with van der Waals surface area (Å²) < 4.78 is 25.8. The van der Waals surface area contributed by atoms with Crippen molar-refractivity contribution in [3.63, 3.8) is 0 Å². The van der Waals surface area contributed by atoms with E-state index in [9.17, 15) is 13.2 Å². The third-order valence-corrected chi connectivity index (χ3v) is 7.39. The van der Waals surface area contributed by atoms with Crippen LogP contribution < -0.4 is 5.32 Å². The minimum atomic E-state index is -3.08. The molecule has 2 aromatic carbocycles. The number of benzene rings is 2. The standard InChI is InChI=1S/C23H25N3O3S/c1-15-4-7-18(8-5-15)22-13-21(25-26(22)20-10-11-30(28,29)14-20)23(27)24-19-9-6-16(2)17(3)12-19/h4-9,12-13,20H,10-11,14H2,1-3H3,(H,24,27)/t20-/m1/s1. The molecule has 1 aliphatic rings. The maximum Gasteiger partial charge on any atom is 0.276 e. The molecule has 0 aliphatic carbocycles. The predicted octanol–water partition coefficient (Wildman–Crippen LogP) is 4.09. The molecule has 1 atom stereocenters. The van der Waals surface area contributed by atoms with E-state index >= 15 is 0 Å². The van der Waals surface area contributed by atoms with Crippen LogP contribution in [0.2, 0.25) is 0 Å². The van der Waals surface area contributed by atoms with Crippen molar-refractivity contribution in [3.8, 4) is 11.3 Å². The van der Waals surface area contributed by atoms with Gasteiger partial charge in [0.2, 0.25) is 0 Å². The number of aromatic nitrogens is 2. The molecule has 3 aromatic rings. The van der Waals surface area contributed by atoms with Gasteiger partial charge in [-0.3, -0.25) is 9.48 Å². The number of nitrogens with one attached hydrogen (secondary N) is 1. The SMILES string of the molecule is Cc1ccc(-c2cc(C(=O)Nc3ccc(C)c(C)c3)nn2[C@@H]2CCS(=O)(=O)C2)cc1. The van der Waals surface area contributed by atoms with E-state index in [-0.39, 0.29) is 29.1 Å². The smallest absolute Gasteiger partial charge is 0.276 e. The summed E-state index contributed by atoms with van der Waals surface area (Å²) in [5, 5.41) is 7.43. The van der Waals surface area contributed by atoms with Gasteiger partial charge in [-0.25, -0.2) is 8.42 Å². The van der Waals surface area contributed by atoms with Crippen LogP contribution >= 0.6 is 0 Å². The second kappa shape index (κ2) is 7.72. The third kappa shape index (κ3) is 4.16. The van der Waals surface area contributed by atoms with Crippen LogP contribution in [0.1, 0.15) is 39.6 Å². The van der Waals surface area contributed by atoms with Gasteiger partial charge in [-0.15, -0.1) is 0 Å². The Balaban J connectivity index is 1.70. The fourth-order valence-electron chi connectivity index (χ4n) is 3.71. The second-order valence-corrected chi connectivity index (χ2v) is 10.3. The number of nitrogens with zero attached hydrogens (tertiary/aromatic N) is 2. The molecule has 0 spiro atoms. The highest BCUT2D eigenvalue weighted by Gasteiger charge is 2.32. The highest BCUT2D eigenvalue weighted by atomic mass is 32.2. The third-order valence-electron chi connectivity index (χ3n) is 5.63. The zero-order valence-electron chi connectivity index (χ0n) is 17.3. The topological polar surface area (TPSA) is 81.1 Å². The van der Waals surface area contributed by atoms with E-state index in [0.29, 0.717) is 12.1 Å². The van der Waals surface area contributed by atoms with Crippen molar-refractivity contribution >= 4 is 21.4 Å². The highest BCUT2D eigenvalue weighted by molar-refractivity contribution is 7.91. The van der Waals surface area contributed by atoms with E-state index < -0.39 is 9.84 Å². The van der Waals surface area contributed by atoms with Gasteiger partial charge >= 0.3 is 0 Å². The summed E-state index contributed by atoms with van der Waals surface area (Å²) in [5.74, 6) is -0.118.